The maximum absolute atomic E-state index is 11.3. The van der Waals surface area contributed by atoms with E-state index in [9.17, 15) is 4.79 Å². The molecule has 1 heterocycles. The number of morpholine rings is 1. The first kappa shape index (κ1) is 14.4. The fourth-order valence-corrected chi connectivity index (χ4v) is 1.65. The molecule has 0 spiro atoms. The third-order valence-electron chi connectivity index (χ3n) is 2.65. The fourth-order valence-electron chi connectivity index (χ4n) is 1.65. The minimum atomic E-state index is -0.127. The lowest BCUT2D eigenvalue weighted by molar-refractivity contribution is -0.144. The Kier molecular flexibility index (Phi) is 7.96. The second kappa shape index (κ2) is 9.39. The van der Waals surface area contributed by atoms with E-state index in [-0.39, 0.29) is 5.97 Å². The third-order valence-corrected chi connectivity index (χ3v) is 2.65. The van der Waals surface area contributed by atoms with E-state index in [1.54, 1.807) is 0 Å². The topological polar surface area (TPSA) is 48.0 Å². The number of carbonyl (C=O) groups excluding carboxylic acids is 1. The van der Waals surface area contributed by atoms with Crippen LogP contribution in [-0.2, 0) is 19.0 Å². The molecule has 1 saturated heterocycles. The average molecular weight is 245 g/mol. The van der Waals surface area contributed by atoms with Crippen LogP contribution in [0.2, 0.25) is 0 Å². The summed E-state index contributed by atoms with van der Waals surface area (Å²) in [6.45, 7) is 7.99. The number of ether oxygens (including phenoxy) is 3. The van der Waals surface area contributed by atoms with E-state index in [1.165, 1.54) is 0 Å². The van der Waals surface area contributed by atoms with Gasteiger partial charge in [0, 0.05) is 39.3 Å². The normalized spacial score (nSPS) is 17.0. The van der Waals surface area contributed by atoms with Crippen LogP contribution in [0.15, 0.2) is 0 Å². The van der Waals surface area contributed by atoms with E-state index in [4.69, 9.17) is 14.2 Å². The van der Waals surface area contributed by atoms with Gasteiger partial charge in [-0.15, -0.1) is 0 Å². The number of carbonyl (C=O) groups is 1. The number of hydrogen-bond acceptors (Lipinski definition) is 5. The molecule has 0 aromatic heterocycles. The number of esters is 1. The Hall–Kier alpha value is -0.650. The van der Waals surface area contributed by atoms with E-state index >= 15 is 0 Å². The zero-order valence-electron chi connectivity index (χ0n) is 10.7. The van der Waals surface area contributed by atoms with Gasteiger partial charge < -0.3 is 14.2 Å². The summed E-state index contributed by atoms with van der Waals surface area (Å²) in [5, 5.41) is 0. The second-order valence-corrected chi connectivity index (χ2v) is 3.97. The first-order chi connectivity index (χ1) is 8.33. The molecular weight excluding hydrogens is 222 g/mol. The maximum atomic E-state index is 11.3. The van der Waals surface area contributed by atoms with Crippen molar-refractivity contribution in [2.24, 2.45) is 0 Å². The molecule has 0 N–H and O–H groups in total. The molecule has 0 amide bonds. The van der Waals surface area contributed by atoms with Gasteiger partial charge in [0.25, 0.3) is 0 Å². The summed E-state index contributed by atoms with van der Waals surface area (Å²) in [5.41, 5.74) is 0. The van der Waals surface area contributed by atoms with Crippen molar-refractivity contribution in [2.45, 2.75) is 19.8 Å². The van der Waals surface area contributed by atoms with Crippen LogP contribution in [0, 0.1) is 0 Å². The summed E-state index contributed by atoms with van der Waals surface area (Å²) in [6, 6.07) is 0. The predicted molar refractivity (Wildman–Crippen MR) is 63.9 cm³/mol. The van der Waals surface area contributed by atoms with Gasteiger partial charge in [-0.2, -0.15) is 0 Å². The minimum Gasteiger partial charge on any atom is -0.464 e. The summed E-state index contributed by atoms with van der Waals surface area (Å²) in [5.74, 6) is -0.127. The van der Waals surface area contributed by atoms with Crippen molar-refractivity contribution < 1.29 is 19.0 Å². The largest absolute Gasteiger partial charge is 0.464 e. The predicted octanol–water partition coefficient (Wildman–Crippen LogP) is 0.679. The SMILES string of the molecule is CCOCCCC(=O)OCCN1CCOCC1. The van der Waals surface area contributed by atoms with Crippen LogP contribution < -0.4 is 0 Å². The molecule has 1 aliphatic rings. The molecule has 0 saturated carbocycles. The number of nitrogens with zero attached hydrogens (tertiary/aromatic N) is 1. The molecule has 0 aliphatic carbocycles. The highest BCUT2D eigenvalue weighted by molar-refractivity contribution is 5.69. The lowest BCUT2D eigenvalue weighted by Crippen LogP contribution is -2.38. The van der Waals surface area contributed by atoms with Gasteiger partial charge in [-0.1, -0.05) is 0 Å². The zero-order chi connectivity index (χ0) is 12.3. The Morgan fingerprint density at radius 2 is 2.06 bits per heavy atom. The Labute approximate surface area is 103 Å². The van der Waals surface area contributed by atoms with Crippen LogP contribution in [0.5, 0.6) is 0 Å². The molecule has 1 aliphatic heterocycles. The first-order valence-electron chi connectivity index (χ1n) is 6.36. The quantitative estimate of drug-likeness (QED) is 0.465. The van der Waals surface area contributed by atoms with Gasteiger partial charge in [0.2, 0.25) is 0 Å². The molecule has 0 radical (unpaired) electrons. The van der Waals surface area contributed by atoms with Gasteiger partial charge in [-0.25, -0.2) is 0 Å². The summed E-state index contributed by atoms with van der Waals surface area (Å²) in [4.78, 5) is 13.6. The van der Waals surface area contributed by atoms with Gasteiger partial charge in [-0.3, -0.25) is 9.69 Å². The molecule has 100 valence electrons. The summed E-state index contributed by atoms with van der Waals surface area (Å²) in [6.07, 6.45) is 1.19. The van der Waals surface area contributed by atoms with Crippen LogP contribution in [0.25, 0.3) is 0 Å². The van der Waals surface area contributed by atoms with Crippen molar-refractivity contribution in [1.29, 1.82) is 0 Å². The van der Waals surface area contributed by atoms with Gasteiger partial charge in [0.15, 0.2) is 0 Å². The van der Waals surface area contributed by atoms with Gasteiger partial charge in [0.05, 0.1) is 13.2 Å². The smallest absolute Gasteiger partial charge is 0.305 e. The molecular formula is C12H23NO4. The first-order valence-corrected chi connectivity index (χ1v) is 6.36. The van der Waals surface area contributed by atoms with Gasteiger partial charge >= 0.3 is 5.97 Å². The van der Waals surface area contributed by atoms with Crippen LogP contribution in [0.1, 0.15) is 19.8 Å². The molecule has 1 fully saturated rings. The van der Waals surface area contributed by atoms with Crippen LogP contribution in [0.3, 0.4) is 0 Å². The van der Waals surface area contributed by atoms with E-state index < -0.39 is 0 Å². The van der Waals surface area contributed by atoms with E-state index in [2.05, 4.69) is 4.90 Å². The molecule has 0 atom stereocenters. The Balaban J connectivity index is 1.92. The lowest BCUT2D eigenvalue weighted by atomic mass is 10.3. The van der Waals surface area contributed by atoms with Gasteiger partial charge in [-0.05, 0) is 13.3 Å². The van der Waals surface area contributed by atoms with Crippen molar-refractivity contribution in [3.05, 3.63) is 0 Å². The van der Waals surface area contributed by atoms with E-state index in [0.29, 0.717) is 26.2 Å². The Morgan fingerprint density at radius 3 is 2.76 bits per heavy atom. The number of hydrogen-bond donors (Lipinski definition) is 0. The molecule has 5 heteroatoms. The summed E-state index contributed by atoms with van der Waals surface area (Å²) < 4.78 is 15.5. The van der Waals surface area contributed by atoms with Crippen molar-refractivity contribution in [1.82, 2.24) is 4.90 Å². The standard InChI is InChI=1S/C12H23NO4/c1-2-15-8-3-4-12(14)17-11-7-13-5-9-16-10-6-13/h2-11H2,1H3. The zero-order valence-corrected chi connectivity index (χ0v) is 10.7. The summed E-state index contributed by atoms with van der Waals surface area (Å²) >= 11 is 0. The summed E-state index contributed by atoms with van der Waals surface area (Å²) in [7, 11) is 0. The molecule has 5 nitrogen and oxygen atoms in total. The van der Waals surface area contributed by atoms with Crippen molar-refractivity contribution in [3.63, 3.8) is 0 Å². The van der Waals surface area contributed by atoms with Gasteiger partial charge in [0.1, 0.15) is 6.61 Å². The molecule has 0 aromatic carbocycles. The van der Waals surface area contributed by atoms with Crippen LogP contribution >= 0.6 is 0 Å². The van der Waals surface area contributed by atoms with Crippen molar-refractivity contribution in [2.75, 3.05) is 52.7 Å². The molecule has 1 rings (SSSR count). The average Bonchev–Trinajstić information content (AvgIpc) is 2.36. The lowest BCUT2D eigenvalue weighted by Gasteiger charge is -2.26. The van der Waals surface area contributed by atoms with Crippen molar-refractivity contribution in [3.8, 4) is 0 Å². The monoisotopic (exact) mass is 245 g/mol. The molecule has 0 unspecified atom stereocenters. The highest BCUT2D eigenvalue weighted by atomic mass is 16.5. The van der Waals surface area contributed by atoms with E-state index in [1.807, 2.05) is 6.92 Å². The van der Waals surface area contributed by atoms with Crippen molar-refractivity contribution >= 4 is 5.97 Å². The third kappa shape index (κ3) is 7.31. The van der Waals surface area contributed by atoms with E-state index in [0.717, 1.165) is 39.3 Å². The Bertz CT molecular complexity index is 205. The highest BCUT2D eigenvalue weighted by Crippen LogP contribution is 1.98. The second-order valence-electron chi connectivity index (χ2n) is 3.97. The Morgan fingerprint density at radius 1 is 1.29 bits per heavy atom. The highest BCUT2D eigenvalue weighted by Gasteiger charge is 2.10. The fraction of sp³-hybridized carbons (Fsp3) is 0.917. The minimum absolute atomic E-state index is 0.127. The molecule has 0 bridgehead atoms. The van der Waals surface area contributed by atoms with Crippen LogP contribution in [0.4, 0.5) is 0 Å². The van der Waals surface area contributed by atoms with Crippen LogP contribution in [-0.4, -0.2) is 63.5 Å². The molecule has 17 heavy (non-hydrogen) atoms. The molecule has 0 aromatic rings. The number of rotatable bonds is 8. The maximum Gasteiger partial charge on any atom is 0.305 e.